The number of carbonyl (C=O) groups is 2. The van der Waals surface area contributed by atoms with E-state index in [-0.39, 0.29) is 11.8 Å². The Hall–Kier alpha value is -2.62. The Balaban J connectivity index is 1.62. The summed E-state index contributed by atoms with van der Waals surface area (Å²) in [7, 11) is 0. The van der Waals surface area contributed by atoms with E-state index in [1.54, 1.807) is 11.0 Å². The smallest absolute Gasteiger partial charge is 0.252 e. The highest BCUT2D eigenvalue weighted by atomic mass is 16.2. The second-order valence-electron chi connectivity index (χ2n) is 5.76. The normalized spacial score (nSPS) is 19.4. The van der Waals surface area contributed by atoms with Crippen molar-refractivity contribution < 1.29 is 9.59 Å². The van der Waals surface area contributed by atoms with Crippen molar-refractivity contribution in [2.75, 3.05) is 11.4 Å². The molecule has 0 spiro atoms. The first-order valence-corrected chi connectivity index (χ1v) is 7.52. The summed E-state index contributed by atoms with van der Waals surface area (Å²) in [6.45, 7) is 0.687. The van der Waals surface area contributed by atoms with Crippen molar-refractivity contribution in [1.29, 1.82) is 0 Å². The zero-order valence-corrected chi connectivity index (χ0v) is 12.1. The maximum atomic E-state index is 12.8. The minimum atomic E-state index is -0.478. The van der Waals surface area contributed by atoms with E-state index in [0.29, 0.717) is 18.5 Å². The molecule has 4 nitrogen and oxygen atoms in total. The quantitative estimate of drug-likeness (QED) is 0.873. The van der Waals surface area contributed by atoms with Crippen molar-refractivity contribution in [1.82, 2.24) is 5.32 Å². The molecule has 4 heteroatoms. The van der Waals surface area contributed by atoms with Gasteiger partial charge in [-0.25, -0.2) is 0 Å². The Kier molecular flexibility index (Phi) is 2.96. The van der Waals surface area contributed by atoms with E-state index in [2.05, 4.69) is 11.4 Å². The Bertz CT molecular complexity index is 769. The molecule has 0 fully saturated rings. The van der Waals surface area contributed by atoms with Crippen LogP contribution in [0.1, 0.15) is 21.5 Å². The number of carbonyl (C=O) groups excluding carboxylic acids is 2. The first kappa shape index (κ1) is 13.1. The number of benzene rings is 2. The van der Waals surface area contributed by atoms with Gasteiger partial charge in [-0.05, 0) is 29.7 Å². The van der Waals surface area contributed by atoms with Gasteiger partial charge in [-0.1, -0.05) is 36.4 Å². The number of rotatable bonds is 1. The lowest BCUT2D eigenvalue weighted by atomic mass is 9.94. The number of nitrogens with zero attached hydrogens (tertiary/aromatic N) is 1. The zero-order chi connectivity index (χ0) is 15.1. The van der Waals surface area contributed by atoms with Gasteiger partial charge in [0.1, 0.15) is 6.04 Å². The van der Waals surface area contributed by atoms with Crippen LogP contribution in [-0.2, 0) is 17.6 Å². The summed E-state index contributed by atoms with van der Waals surface area (Å²) in [5.74, 6) is -0.180. The average molecular weight is 292 g/mol. The third-order valence-electron chi connectivity index (χ3n) is 4.44. The molecule has 0 radical (unpaired) electrons. The maximum absolute atomic E-state index is 12.8. The van der Waals surface area contributed by atoms with Crippen LogP contribution in [0.5, 0.6) is 0 Å². The molecule has 0 bridgehead atoms. The molecule has 2 aliphatic heterocycles. The Morgan fingerprint density at radius 2 is 1.77 bits per heavy atom. The molecule has 1 unspecified atom stereocenters. The third kappa shape index (κ3) is 1.99. The maximum Gasteiger partial charge on any atom is 0.252 e. The molecule has 2 aromatic rings. The number of fused-ring (bicyclic) bond motifs is 2. The van der Waals surface area contributed by atoms with Gasteiger partial charge < -0.3 is 10.2 Å². The van der Waals surface area contributed by atoms with Gasteiger partial charge in [0, 0.05) is 24.2 Å². The molecule has 2 aromatic carbocycles. The van der Waals surface area contributed by atoms with Gasteiger partial charge in [-0.2, -0.15) is 0 Å². The summed E-state index contributed by atoms with van der Waals surface area (Å²) in [4.78, 5) is 26.8. The van der Waals surface area contributed by atoms with Gasteiger partial charge in [0.25, 0.3) is 5.91 Å². The number of hydrogen-bond donors (Lipinski definition) is 1. The largest absolute Gasteiger partial charge is 0.340 e. The molecule has 2 heterocycles. The average Bonchev–Trinajstić information content (AvgIpc) is 2.98. The Morgan fingerprint density at radius 1 is 1.05 bits per heavy atom. The summed E-state index contributed by atoms with van der Waals surface area (Å²) in [6, 6.07) is 15.0. The highest BCUT2D eigenvalue weighted by Crippen LogP contribution is 2.29. The van der Waals surface area contributed by atoms with Crippen molar-refractivity contribution in [2.24, 2.45) is 0 Å². The molecular weight excluding hydrogens is 276 g/mol. The number of nitrogens with one attached hydrogen (secondary N) is 1. The minimum Gasteiger partial charge on any atom is -0.340 e. The SMILES string of the molecule is O=C1NC(C(=O)N2CCc3ccccc32)Cc2ccccc21. The molecule has 4 rings (SSSR count). The Labute approximate surface area is 128 Å². The highest BCUT2D eigenvalue weighted by molar-refractivity contribution is 6.05. The number of amides is 2. The summed E-state index contributed by atoms with van der Waals surface area (Å²) in [5, 5.41) is 2.85. The van der Waals surface area contributed by atoms with Gasteiger partial charge >= 0.3 is 0 Å². The first-order valence-electron chi connectivity index (χ1n) is 7.52. The van der Waals surface area contributed by atoms with Crippen LogP contribution in [-0.4, -0.2) is 24.4 Å². The van der Waals surface area contributed by atoms with Gasteiger partial charge in [-0.3, -0.25) is 9.59 Å². The van der Waals surface area contributed by atoms with E-state index in [0.717, 1.165) is 17.7 Å². The van der Waals surface area contributed by atoms with Crippen LogP contribution in [0.4, 0.5) is 5.69 Å². The summed E-state index contributed by atoms with van der Waals surface area (Å²) >= 11 is 0. The second-order valence-corrected chi connectivity index (χ2v) is 5.76. The predicted octanol–water partition coefficient (Wildman–Crippen LogP) is 1.93. The minimum absolute atomic E-state index is 0.0206. The Morgan fingerprint density at radius 3 is 2.64 bits per heavy atom. The van der Waals surface area contributed by atoms with Crippen molar-refractivity contribution in [3.63, 3.8) is 0 Å². The van der Waals surface area contributed by atoms with E-state index >= 15 is 0 Å². The molecule has 2 aliphatic rings. The van der Waals surface area contributed by atoms with Crippen molar-refractivity contribution in [3.8, 4) is 0 Å². The fourth-order valence-electron chi connectivity index (χ4n) is 3.33. The molecule has 0 saturated carbocycles. The molecule has 0 aromatic heterocycles. The van der Waals surface area contributed by atoms with Crippen LogP contribution >= 0.6 is 0 Å². The van der Waals surface area contributed by atoms with E-state index in [1.165, 1.54) is 5.56 Å². The number of para-hydroxylation sites is 1. The standard InChI is InChI=1S/C18H16N2O2/c21-17-14-7-3-1-6-13(14)11-15(19-17)18(22)20-10-9-12-5-2-4-8-16(12)20/h1-8,15H,9-11H2,(H,19,21). The van der Waals surface area contributed by atoms with Crippen LogP contribution in [0.15, 0.2) is 48.5 Å². The fourth-order valence-corrected chi connectivity index (χ4v) is 3.33. The predicted molar refractivity (Wildman–Crippen MR) is 83.9 cm³/mol. The van der Waals surface area contributed by atoms with Crippen LogP contribution < -0.4 is 10.2 Å². The van der Waals surface area contributed by atoms with E-state index in [1.807, 2.05) is 36.4 Å². The molecule has 110 valence electrons. The zero-order valence-electron chi connectivity index (χ0n) is 12.1. The van der Waals surface area contributed by atoms with Gasteiger partial charge in [0.05, 0.1) is 0 Å². The summed E-state index contributed by atoms with van der Waals surface area (Å²) < 4.78 is 0. The summed E-state index contributed by atoms with van der Waals surface area (Å²) in [6.07, 6.45) is 1.43. The molecule has 0 saturated heterocycles. The number of anilines is 1. The van der Waals surface area contributed by atoms with E-state index in [9.17, 15) is 9.59 Å². The van der Waals surface area contributed by atoms with E-state index in [4.69, 9.17) is 0 Å². The van der Waals surface area contributed by atoms with Crippen molar-refractivity contribution >= 4 is 17.5 Å². The van der Waals surface area contributed by atoms with E-state index < -0.39 is 6.04 Å². The lowest BCUT2D eigenvalue weighted by molar-refractivity contribution is -0.120. The lowest BCUT2D eigenvalue weighted by Gasteiger charge is -2.28. The third-order valence-corrected chi connectivity index (χ3v) is 4.44. The van der Waals surface area contributed by atoms with Crippen LogP contribution in [0.2, 0.25) is 0 Å². The molecule has 0 aliphatic carbocycles. The summed E-state index contributed by atoms with van der Waals surface area (Å²) in [5.41, 5.74) is 3.78. The highest BCUT2D eigenvalue weighted by Gasteiger charge is 2.34. The molecular formula is C18H16N2O2. The molecule has 1 atom stereocenters. The lowest BCUT2D eigenvalue weighted by Crippen LogP contribution is -2.52. The molecule has 1 N–H and O–H groups in total. The monoisotopic (exact) mass is 292 g/mol. The topological polar surface area (TPSA) is 49.4 Å². The number of hydrogen-bond acceptors (Lipinski definition) is 2. The first-order chi connectivity index (χ1) is 10.7. The van der Waals surface area contributed by atoms with Crippen LogP contribution in [0.25, 0.3) is 0 Å². The van der Waals surface area contributed by atoms with Gasteiger partial charge in [-0.15, -0.1) is 0 Å². The molecule has 22 heavy (non-hydrogen) atoms. The van der Waals surface area contributed by atoms with Crippen molar-refractivity contribution in [3.05, 3.63) is 65.2 Å². The van der Waals surface area contributed by atoms with Crippen molar-refractivity contribution in [2.45, 2.75) is 18.9 Å². The van der Waals surface area contributed by atoms with Crippen LogP contribution in [0.3, 0.4) is 0 Å². The van der Waals surface area contributed by atoms with Crippen LogP contribution in [0, 0.1) is 0 Å². The molecule has 2 amide bonds. The van der Waals surface area contributed by atoms with Gasteiger partial charge in [0.15, 0.2) is 0 Å². The van der Waals surface area contributed by atoms with Gasteiger partial charge in [0.2, 0.25) is 5.91 Å². The fraction of sp³-hybridized carbons (Fsp3) is 0.222. The second kappa shape index (κ2) is 4.98.